The second kappa shape index (κ2) is 5.93. The van der Waals surface area contributed by atoms with Gasteiger partial charge in [-0.15, -0.1) is 0 Å². The number of rotatable bonds is 3. The third-order valence-electron chi connectivity index (χ3n) is 2.80. The molecule has 1 aromatic carbocycles. The molecule has 1 aromatic heterocycles. The summed E-state index contributed by atoms with van der Waals surface area (Å²) in [5, 5.41) is 8.84. The van der Waals surface area contributed by atoms with Crippen molar-refractivity contribution in [3.63, 3.8) is 0 Å². The fourth-order valence-electron chi connectivity index (χ4n) is 1.81. The van der Waals surface area contributed by atoms with Gasteiger partial charge in [0.2, 0.25) is 5.95 Å². The van der Waals surface area contributed by atoms with Gasteiger partial charge >= 0.3 is 0 Å². The van der Waals surface area contributed by atoms with Crippen LogP contribution in [0.3, 0.4) is 0 Å². The minimum absolute atomic E-state index is 0.250. The second-order valence-corrected chi connectivity index (χ2v) is 4.34. The molecule has 0 unspecified atom stereocenters. The molecule has 5 heteroatoms. The van der Waals surface area contributed by atoms with Gasteiger partial charge in [-0.25, -0.2) is 4.98 Å². The fourth-order valence-corrected chi connectivity index (χ4v) is 1.81. The monoisotopic (exact) mass is 269 g/mol. The van der Waals surface area contributed by atoms with Gasteiger partial charge < -0.3 is 4.90 Å². The maximum atomic E-state index is 12.7. The van der Waals surface area contributed by atoms with E-state index in [-0.39, 0.29) is 5.91 Å². The van der Waals surface area contributed by atoms with Crippen molar-refractivity contribution >= 4 is 5.91 Å². The zero-order valence-corrected chi connectivity index (χ0v) is 10.9. The van der Waals surface area contributed by atoms with Crippen molar-refractivity contribution < 1.29 is 9.18 Å². The number of carbonyl (C=O) groups excluding carboxylic acids is 1. The lowest BCUT2D eigenvalue weighted by molar-refractivity contribution is 0.0784. The van der Waals surface area contributed by atoms with E-state index in [1.807, 2.05) is 6.07 Å². The first-order chi connectivity index (χ1) is 9.60. The molecule has 0 bridgehead atoms. The highest BCUT2D eigenvalue weighted by Crippen LogP contribution is 2.10. The summed E-state index contributed by atoms with van der Waals surface area (Å²) in [5.74, 6) is -0.870. The van der Waals surface area contributed by atoms with E-state index in [0.717, 1.165) is 11.6 Å². The molecule has 0 aliphatic carbocycles. The quantitative estimate of drug-likeness (QED) is 0.804. The Bertz CT molecular complexity index is 662. The Kier molecular flexibility index (Phi) is 4.06. The summed E-state index contributed by atoms with van der Waals surface area (Å²) in [7, 11) is 1.64. The molecular formula is C15H12FN3O. The van der Waals surface area contributed by atoms with Crippen LogP contribution < -0.4 is 0 Å². The molecule has 2 aromatic rings. The average molecular weight is 269 g/mol. The predicted octanol–water partition coefficient (Wildman–Crippen LogP) is 2.36. The Labute approximate surface area is 116 Å². The topological polar surface area (TPSA) is 57.0 Å². The summed E-state index contributed by atoms with van der Waals surface area (Å²) in [4.78, 5) is 17.1. The number of hydrogen-bond acceptors (Lipinski definition) is 3. The number of nitrogens with zero attached hydrogens (tertiary/aromatic N) is 3. The van der Waals surface area contributed by atoms with Crippen molar-refractivity contribution in [2.24, 2.45) is 0 Å². The molecule has 1 heterocycles. The van der Waals surface area contributed by atoms with E-state index >= 15 is 0 Å². The van der Waals surface area contributed by atoms with E-state index in [1.165, 1.54) is 17.2 Å². The van der Waals surface area contributed by atoms with E-state index in [4.69, 9.17) is 5.26 Å². The zero-order valence-electron chi connectivity index (χ0n) is 10.9. The summed E-state index contributed by atoms with van der Waals surface area (Å²) in [6, 6.07) is 11.6. The van der Waals surface area contributed by atoms with Crippen LogP contribution in [0.15, 0.2) is 42.6 Å². The predicted molar refractivity (Wildman–Crippen MR) is 71.1 cm³/mol. The van der Waals surface area contributed by atoms with Gasteiger partial charge in [-0.3, -0.25) is 4.79 Å². The number of hydrogen-bond donors (Lipinski definition) is 0. The number of aromatic nitrogens is 1. The summed E-state index contributed by atoms with van der Waals surface area (Å²) in [5.41, 5.74) is 1.73. The van der Waals surface area contributed by atoms with Crippen LogP contribution in [0.4, 0.5) is 4.39 Å². The van der Waals surface area contributed by atoms with Crippen LogP contribution in [0, 0.1) is 17.3 Å². The van der Waals surface area contributed by atoms with E-state index in [0.29, 0.717) is 17.7 Å². The minimum atomic E-state index is -0.620. The molecule has 0 radical (unpaired) electrons. The van der Waals surface area contributed by atoms with E-state index in [2.05, 4.69) is 11.1 Å². The van der Waals surface area contributed by atoms with E-state index in [9.17, 15) is 9.18 Å². The number of halogens is 1. The summed E-state index contributed by atoms with van der Waals surface area (Å²) in [6.45, 7) is 0.367. The zero-order chi connectivity index (χ0) is 14.5. The van der Waals surface area contributed by atoms with Gasteiger partial charge in [0.25, 0.3) is 5.91 Å². The first kappa shape index (κ1) is 13.7. The number of benzene rings is 1. The molecule has 0 atom stereocenters. The Balaban J connectivity index is 2.11. The number of pyridine rings is 1. The third-order valence-corrected chi connectivity index (χ3v) is 2.80. The molecule has 4 nitrogen and oxygen atoms in total. The van der Waals surface area contributed by atoms with Crippen LogP contribution in [-0.4, -0.2) is 22.8 Å². The summed E-state index contributed by atoms with van der Waals surface area (Å²) >= 11 is 0. The van der Waals surface area contributed by atoms with Gasteiger partial charge in [0.15, 0.2) is 0 Å². The molecule has 0 aliphatic rings. The van der Waals surface area contributed by atoms with Crippen LogP contribution in [0.2, 0.25) is 0 Å². The van der Waals surface area contributed by atoms with E-state index in [1.54, 1.807) is 25.2 Å². The molecule has 0 spiro atoms. The summed E-state index contributed by atoms with van der Waals surface area (Å²) in [6.07, 6.45) is 1.21. The maximum Gasteiger partial charge on any atom is 0.255 e. The SMILES string of the molecule is CN(Cc1cccc(C#N)c1)C(=O)c1ccc(F)nc1. The molecule has 2 rings (SSSR count). The molecule has 100 valence electrons. The molecule has 0 saturated carbocycles. The highest BCUT2D eigenvalue weighted by Gasteiger charge is 2.12. The molecule has 1 amide bonds. The fraction of sp³-hybridized carbons (Fsp3) is 0.133. The largest absolute Gasteiger partial charge is 0.337 e. The summed E-state index contributed by atoms with van der Waals surface area (Å²) < 4.78 is 12.7. The Morgan fingerprint density at radius 2 is 2.20 bits per heavy atom. The Hall–Kier alpha value is -2.74. The van der Waals surface area contributed by atoms with Gasteiger partial charge in [0.05, 0.1) is 17.2 Å². The van der Waals surface area contributed by atoms with Crippen molar-refractivity contribution in [2.75, 3.05) is 7.05 Å². The van der Waals surface area contributed by atoms with Crippen LogP contribution in [-0.2, 0) is 6.54 Å². The van der Waals surface area contributed by atoms with Crippen molar-refractivity contribution in [3.05, 3.63) is 65.2 Å². The van der Waals surface area contributed by atoms with Gasteiger partial charge in [-0.2, -0.15) is 9.65 Å². The minimum Gasteiger partial charge on any atom is -0.337 e. The third kappa shape index (κ3) is 3.18. The first-order valence-corrected chi connectivity index (χ1v) is 5.96. The van der Waals surface area contributed by atoms with Crippen LogP contribution in [0.5, 0.6) is 0 Å². The van der Waals surface area contributed by atoms with Crippen molar-refractivity contribution in [2.45, 2.75) is 6.54 Å². The Morgan fingerprint density at radius 3 is 2.85 bits per heavy atom. The first-order valence-electron chi connectivity index (χ1n) is 5.96. The lowest BCUT2D eigenvalue weighted by atomic mass is 10.1. The second-order valence-electron chi connectivity index (χ2n) is 4.34. The van der Waals surface area contributed by atoms with Gasteiger partial charge in [-0.1, -0.05) is 12.1 Å². The smallest absolute Gasteiger partial charge is 0.255 e. The van der Waals surface area contributed by atoms with Crippen LogP contribution in [0.1, 0.15) is 21.5 Å². The number of nitriles is 1. The van der Waals surface area contributed by atoms with Gasteiger partial charge in [0.1, 0.15) is 0 Å². The number of amides is 1. The maximum absolute atomic E-state index is 12.7. The molecule has 0 N–H and O–H groups in total. The molecule has 20 heavy (non-hydrogen) atoms. The lowest BCUT2D eigenvalue weighted by Crippen LogP contribution is -2.26. The average Bonchev–Trinajstić information content (AvgIpc) is 2.47. The van der Waals surface area contributed by atoms with Gasteiger partial charge in [-0.05, 0) is 29.8 Å². The van der Waals surface area contributed by atoms with Crippen molar-refractivity contribution in [3.8, 4) is 6.07 Å². The highest BCUT2D eigenvalue weighted by atomic mass is 19.1. The molecule has 0 aliphatic heterocycles. The molecular weight excluding hydrogens is 257 g/mol. The number of carbonyl (C=O) groups is 1. The van der Waals surface area contributed by atoms with E-state index < -0.39 is 5.95 Å². The highest BCUT2D eigenvalue weighted by molar-refractivity contribution is 5.93. The van der Waals surface area contributed by atoms with Crippen molar-refractivity contribution in [1.29, 1.82) is 5.26 Å². The van der Waals surface area contributed by atoms with Crippen LogP contribution in [0.25, 0.3) is 0 Å². The molecule has 0 saturated heterocycles. The van der Waals surface area contributed by atoms with Crippen molar-refractivity contribution in [1.82, 2.24) is 9.88 Å². The van der Waals surface area contributed by atoms with Gasteiger partial charge in [0, 0.05) is 19.8 Å². The lowest BCUT2D eigenvalue weighted by Gasteiger charge is -2.17. The standard InChI is InChI=1S/C15H12FN3O/c1-19(10-12-4-2-3-11(7-12)8-17)15(20)13-5-6-14(16)18-9-13/h2-7,9H,10H2,1H3. The molecule has 0 fully saturated rings. The van der Waals surface area contributed by atoms with Crippen LogP contribution >= 0.6 is 0 Å². The Morgan fingerprint density at radius 1 is 1.40 bits per heavy atom. The normalized spacial score (nSPS) is 9.85.